The van der Waals surface area contributed by atoms with Crippen LogP contribution in [-0.4, -0.2) is 4.57 Å². The van der Waals surface area contributed by atoms with Crippen LogP contribution in [0.5, 0.6) is 0 Å². The summed E-state index contributed by atoms with van der Waals surface area (Å²) in [4.78, 5) is 0. The zero-order valence-corrected chi connectivity index (χ0v) is 37.3. The topological polar surface area (TPSA) is 4.93 Å². The number of hydrogen-bond acceptors (Lipinski definition) is 0. The van der Waals surface area contributed by atoms with Crippen LogP contribution in [0.2, 0.25) is 0 Å². The molecule has 0 fully saturated rings. The Morgan fingerprint density at radius 3 is 1.34 bits per heavy atom. The average molecular weight is 862 g/mol. The van der Waals surface area contributed by atoms with E-state index < -0.39 is 5.41 Å². The van der Waals surface area contributed by atoms with E-state index in [1.54, 1.807) is 0 Å². The fourth-order valence-electron chi connectivity index (χ4n) is 12.1. The molecule has 68 heavy (non-hydrogen) atoms. The third kappa shape index (κ3) is 5.51. The molecule has 0 unspecified atom stereocenters. The molecule has 0 amide bonds. The highest BCUT2D eigenvalue weighted by Gasteiger charge is 2.46. The second-order valence-electron chi connectivity index (χ2n) is 18.3. The summed E-state index contributed by atoms with van der Waals surface area (Å²) in [7, 11) is 0. The maximum Gasteiger partial charge on any atom is 0.0713 e. The number of para-hydroxylation sites is 1. The minimum absolute atomic E-state index is 0.477. The Labute approximate surface area is 395 Å². The van der Waals surface area contributed by atoms with E-state index in [1.807, 2.05) is 0 Å². The van der Waals surface area contributed by atoms with Crippen LogP contribution in [0.4, 0.5) is 0 Å². The van der Waals surface area contributed by atoms with Gasteiger partial charge in [-0.15, -0.1) is 0 Å². The van der Waals surface area contributed by atoms with Crippen LogP contribution < -0.4 is 0 Å². The van der Waals surface area contributed by atoms with E-state index in [1.165, 1.54) is 121 Å². The predicted octanol–water partition coefficient (Wildman–Crippen LogP) is 17.6. The standard InChI is InChI=1S/C67H43N/c1-4-20-44(21-5-1)64-54-29-11-13-31-56(54)65(57-32-14-12-30-55(57)64)45-36-39-49(40-37-45)68-63-35-19-17-28-53(63)60-43-59(50-26-10-15-33-58(50)66(60)68)46-38-41-52-51-27-16-18-34-61(51)67(62(52)42-46,47-22-6-2-7-23-47)48-24-8-3-9-25-48/h1-43H. The molecule has 12 aromatic carbocycles. The first-order valence-electron chi connectivity index (χ1n) is 23.7. The Morgan fingerprint density at radius 1 is 0.265 bits per heavy atom. The maximum absolute atomic E-state index is 2.50. The second-order valence-corrected chi connectivity index (χ2v) is 18.3. The Hall–Kier alpha value is -8.78. The number of nitrogens with zero attached hydrogens (tertiary/aromatic N) is 1. The van der Waals surface area contributed by atoms with E-state index in [2.05, 4.69) is 265 Å². The third-order valence-electron chi connectivity index (χ3n) is 14.9. The van der Waals surface area contributed by atoms with Crippen molar-refractivity contribution >= 4 is 54.1 Å². The van der Waals surface area contributed by atoms with Crippen LogP contribution in [-0.2, 0) is 5.41 Å². The van der Waals surface area contributed by atoms with Gasteiger partial charge in [0, 0.05) is 21.8 Å². The van der Waals surface area contributed by atoms with Gasteiger partial charge in [-0.05, 0) is 124 Å². The molecule has 1 nitrogen and oxygen atoms in total. The fourth-order valence-corrected chi connectivity index (χ4v) is 12.1. The van der Waals surface area contributed by atoms with Crippen molar-refractivity contribution < 1.29 is 0 Å². The predicted molar refractivity (Wildman–Crippen MR) is 287 cm³/mol. The first kappa shape index (κ1) is 38.5. The Kier molecular flexibility index (Phi) is 8.57. The molecule has 1 heteroatoms. The quantitative estimate of drug-likeness (QED) is 0.147. The zero-order chi connectivity index (χ0) is 44.8. The summed E-state index contributed by atoms with van der Waals surface area (Å²) < 4.78 is 2.49. The Morgan fingerprint density at radius 2 is 0.721 bits per heavy atom. The van der Waals surface area contributed by atoms with Crippen LogP contribution in [0.3, 0.4) is 0 Å². The molecular formula is C67H43N. The molecule has 0 aliphatic heterocycles. The molecular weight excluding hydrogens is 819 g/mol. The van der Waals surface area contributed by atoms with E-state index in [4.69, 9.17) is 0 Å². The van der Waals surface area contributed by atoms with Gasteiger partial charge in [0.05, 0.1) is 16.4 Å². The van der Waals surface area contributed by atoms with Crippen molar-refractivity contribution in [2.24, 2.45) is 0 Å². The lowest BCUT2D eigenvalue weighted by Gasteiger charge is -2.34. The number of fused-ring (bicyclic) bond motifs is 10. The highest BCUT2D eigenvalue weighted by molar-refractivity contribution is 6.23. The molecule has 316 valence electrons. The Balaban J connectivity index is 0.973. The van der Waals surface area contributed by atoms with Crippen LogP contribution in [0.15, 0.2) is 261 Å². The van der Waals surface area contributed by atoms with Crippen molar-refractivity contribution in [2.45, 2.75) is 5.41 Å². The van der Waals surface area contributed by atoms with E-state index in [0.717, 1.165) is 5.69 Å². The molecule has 1 aliphatic rings. The fraction of sp³-hybridized carbons (Fsp3) is 0.0149. The second kappa shape index (κ2) is 15.1. The van der Waals surface area contributed by atoms with Crippen molar-refractivity contribution in [2.75, 3.05) is 0 Å². The van der Waals surface area contributed by atoms with Gasteiger partial charge >= 0.3 is 0 Å². The highest BCUT2D eigenvalue weighted by Crippen LogP contribution is 2.57. The normalized spacial score (nSPS) is 12.8. The number of rotatable bonds is 6. The van der Waals surface area contributed by atoms with E-state index in [9.17, 15) is 0 Å². The molecule has 0 saturated heterocycles. The molecule has 14 rings (SSSR count). The first-order valence-corrected chi connectivity index (χ1v) is 23.7. The summed E-state index contributed by atoms with van der Waals surface area (Å²) in [5, 5.41) is 9.99. The molecule has 1 aliphatic carbocycles. The van der Waals surface area contributed by atoms with Crippen LogP contribution in [0, 0.1) is 0 Å². The van der Waals surface area contributed by atoms with Gasteiger partial charge in [0.25, 0.3) is 0 Å². The van der Waals surface area contributed by atoms with Crippen molar-refractivity contribution in [3.8, 4) is 50.2 Å². The highest BCUT2D eigenvalue weighted by atomic mass is 15.0. The average Bonchev–Trinajstić information content (AvgIpc) is 3.91. The largest absolute Gasteiger partial charge is 0.309 e. The lowest BCUT2D eigenvalue weighted by molar-refractivity contribution is 0.769. The third-order valence-corrected chi connectivity index (χ3v) is 14.9. The summed E-state index contributed by atoms with van der Waals surface area (Å²) in [6, 6.07) is 96.8. The summed E-state index contributed by atoms with van der Waals surface area (Å²) in [6.45, 7) is 0. The molecule has 1 aromatic heterocycles. The van der Waals surface area contributed by atoms with E-state index >= 15 is 0 Å². The van der Waals surface area contributed by atoms with Gasteiger partial charge < -0.3 is 4.57 Å². The van der Waals surface area contributed by atoms with Gasteiger partial charge in [0.2, 0.25) is 0 Å². The number of benzene rings is 12. The molecule has 0 saturated carbocycles. The summed E-state index contributed by atoms with van der Waals surface area (Å²) >= 11 is 0. The SMILES string of the molecule is c1ccc(-c2c3ccccc3c(-c3ccc(-n4c5ccccc5c5cc(-c6ccc7c(c6)C(c6ccccc6)(c6ccccc6)c6ccccc6-7)c6ccccc6c54)cc3)c3ccccc23)cc1. The van der Waals surface area contributed by atoms with Crippen LogP contribution >= 0.6 is 0 Å². The molecule has 13 aromatic rings. The number of hydrogen-bond donors (Lipinski definition) is 0. The molecule has 0 atom stereocenters. The monoisotopic (exact) mass is 861 g/mol. The van der Waals surface area contributed by atoms with Crippen LogP contribution in [0.1, 0.15) is 22.3 Å². The minimum Gasteiger partial charge on any atom is -0.309 e. The molecule has 0 radical (unpaired) electrons. The minimum atomic E-state index is -0.477. The van der Waals surface area contributed by atoms with Gasteiger partial charge in [-0.25, -0.2) is 0 Å². The molecule has 0 spiro atoms. The van der Waals surface area contributed by atoms with Crippen molar-refractivity contribution in [1.29, 1.82) is 0 Å². The Bertz CT molecular complexity index is 4010. The van der Waals surface area contributed by atoms with Gasteiger partial charge in [0.1, 0.15) is 0 Å². The van der Waals surface area contributed by atoms with Crippen molar-refractivity contribution in [3.05, 3.63) is 283 Å². The molecule has 0 bridgehead atoms. The smallest absolute Gasteiger partial charge is 0.0713 e. The lowest BCUT2D eigenvalue weighted by atomic mass is 9.67. The van der Waals surface area contributed by atoms with Crippen LogP contribution in [0.25, 0.3) is 104 Å². The van der Waals surface area contributed by atoms with Gasteiger partial charge in [-0.3, -0.25) is 0 Å². The summed E-state index contributed by atoms with van der Waals surface area (Å²) in [5.41, 5.74) is 18.3. The van der Waals surface area contributed by atoms with Crippen molar-refractivity contribution in [3.63, 3.8) is 0 Å². The number of aromatic nitrogens is 1. The first-order chi connectivity index (χ1) is 33.8. The summed E-state index contributed by atoms with van der Waals surface area (Å²) in [5.74, 6) is 0. The summed E-state index contributed by atoms with van der Waals surface area (Å²) in [6.07, 6.45) is 0. The van der Waals surface area contributed by atoms with Gasteiger partial charge in [-0.2, -0.15) is 0 Å². The van der Waals surface area contributed by atoms with E-state index in [-0.39, 0.29) is 0 Å². The van der Waals surface area contributed by atoms with Gasteiger partial charge in [0.15, 0.2) is 0 Å². The van der Waals surface area contributed by atoms with Crippen molar-refractivity contribution in [1.82, 2.24) is 4.57 Å². The molecule has 0 N–H and O–H groups in total. The van der Waals surface area contributed by atoms with Gasteiger partial charge in [-0.1, -0.05) is 231 Å². The lowest BCUT2D eigenvalue weighted by Crippen LogP contribution is -2.28. The molecule has 1 heterocycles. The maximum atomic E-state index is 2.50. The van der Waals surface area contributed by atoms with E-state index in [0.29, 0.717) is 0 Å². The zero-order valence-electron chi connectivity index (χ0n) is 37.3.